The third-order valence-corrected chi connectivity index (χ3v) is 3.29. The Bertz CT molecular complexity index is 380. The van der Waals surface area contributed by atoms with Gasteiger partial charge in [0, 0.05) is 6.42 Å². The summed E-state index contributed by atoms with van der Waals surface area (Å²) in [5.74, 6) is -2.21. The largest absolute Gasteiger partial charge is 0.480 e. The number of amides is 2. The highest BCUT2D eigenvalue weighted by atomic mass is 16.4. The van der Waals surface area contributed by atoms with Crippen molar-refractivity contribution in [3.8, 4) is 0 Å². The Balaban J connectivity index is 3.90. The molecule has 22 heavy (non-hydrogen) atoms. The summed E-state index contributed by atoms with van der Waals surface area (Å²) in [7, 11) is 0. The minimum atomic E-state index is -1.17. The van der Waals surface area contributed by atoms with E-state index in [9.17, 15) is 14.4 Å². The first kappa shape index (κ1) is 20.1. The molecule has 0 aromatic heterocycles. The van der Waals surface area contributed by atoms with Crippen LogP contribution in [0.4, 0.5) is 0 Å². The first-order chi connectivity index (χ1) is 10.5. The summed E-state index contributed by atoms with van der Waals surface area (Å²) in [5.41, 5.74) is 4.97. The van der Waals surface area contributed by atoms with Gasteiger partial charge in [-0.05, 0) is 25.3 Å². The minimum absolute atomic E-state index is 0.00166. The molecule has 2 amide bonds. The Kier molecular flexibility index (Phi) is 11.8. The van der Waals surface area contributed by atoms with Gasteiger partial charge in [0.2, 0.25) is 11.8 Å². The quantitative estimate of drug-likeness (QED) is 0.357. The molecule has 0 aliphatic carbocycles. The third-order valence-electron chi connectivity index (χ3n) is 3.29. The van der Waals surface area contributed by atoms with Crippen molar-refractivity contribution in [2.24, 2.45) is 5.73 Å². The Morgan fingerprint density at radius 2 is 1.77 bits per heavy atom. The van der Waals surface area contributed by atoms with Crippen molar-refractivity contribution in [1.29, 1.82) is 0 Å². The number of carboxylic acids is 1. The number of nitrogens with two attached hydrogens (primary N) is 1. The Morgan fingerprint density at radius 1 is 1.14 bits per heavy atom. The number of carboxylic acid groups (broad SMARTS) is 1. The summed E-state index contributed by atoms with van der Waals surface area (Å²) < 4.78 is 0. The average molecular weight is 312 g/mol. The lowest BCUT2D eigenvalue weighted by Crippen LogP contribution is -2.40. The number of unbranched alkanes of at least 4 members (excludes halogenated alkanes) is 6. The molecule has 0 aromatic rings. The fraction of sp³-hybridized carbons (Fsp3) is 0.688. The second kappa shape index (κ2) is 12.9. The van der Waals surface area contributed by atoms with Crippen LogP contribution >= 0.6 is 0 Å². The summed E-state index contributed by atoms with van der Waals surface area (Å²) in [6.07, 6.45) is 11.0. The lowest BCUT2D eigenvalue weighted by atomic mass is 10.1. The predicted molar refractivity (Wildman–Crippen MR) is 85.1 cm³/mol. The fourth-order valence-electron chi connectivity index (χ4n) is 2.00. The molecular formula is C16H28N2O4. The summed E-state index contributed by atoms with van der Waals surface area (Å²) in [5, 5.41) is 11.3. The van der Waals surface area contributed by atoms with Crippen LogP contribution in [0.2, 0.25) is 0 Å². The Labute approximate surface area is 132 Å². The van der Waals surface area contributed by atoms with Gasteiger partial charge in [0.05, 0.1) is 0 Å². The number of rotatable bonds is 13. The number of allylic oxidation sites excluding steroid dienone is 1. The van der Waals surface area contributed by atoms with Crippen molar-refractivity contribution in [1.82, 2.24) is 5.32 Å². The summed E-state index contributed by atoms with van der Waals surface area (Å²) in [6, 6.07) is -1.08. The first-order valence-corrected chi connectivity index (χ1v) is 7.95. The number of hydrogen-bond acceptors (Lipinski definition) is 3. The van der Waals surface area contributed by atoms with Crippen LogP contribution in [-0.2, 0) is 14.4 Å². The van der Waals surface area contributed by atoms with Crippen LogP contribution in [0.3, 0.4) is 0 Å². The predicted octanol–water partition coefficient (Wildman–Crippen LogP) is 2.13. The zero-order chi connectivity index (χ0) is 16.8. The number of primary amides is 1. The summed E-state index contributed by atoms with van der Waals surface area (Å²) >= 11 is 0. The molecule has 0 heterocycles. The highest BCUT2D eigenvalue weighted by Crippen LogP contribution is 2.07. The van der Waals surface area contributed by atoms with E-state index in [1.807, 2.05) is 0 Å². The summed E-state index contributed by atoms with van der Waals surface area (Å²) in [4.78, 5) is 33.2. The zero-order valence-electron chi connectivity index (χ0n) is 13.3. The molecule has 0 spiro atoms. The molecule has 0 bridgehead atoms. The molecule has 6 nitrogen and oxygen atoms in total. The van der Waals surface area contributed by atoms with Crippen LogP contribution in [-0.4, -0.2) is 28.9 Å². The Hall–Kier alpha value is -1.85. The number of nitrogens with one attached hydrogen (secondary N) is 1. The molecule has 6 heteroatoms. The van der Waals surface area contributed by atoms with Crippen LogP contribution in [0.15, 0.2) is 12.2 Å². The van der Waals surface area contributed by atoms with Crippen molar-refractivity contribution in [2.75, 3.05) is 0 Å². The smallest absolute Gasteiger partial charge is 0.326 e. The van der Waals surface area contributed by atoms with E-state index in [4.69, 9.17) is 10.8 Å². The van der Waals surface area contributed by atoms with Gasteiger partial charge in [-0.3, -0.25) is 9.59 Å². The summed E-state index contributed by atoms with van der Waals surface area (Å²) in [6.45, 7) is 2.18. The van der Waals surface area contributed by atoms with Gasteiger partial charge in [-0.15, -0.1) is 0 Å². The van der Waals surface area contributed by atoms with Gasteiger partial charge in [-0.25, -0.2) is 4.79 Å². The number of hydrogen-bond donors (Lipinski definition) is 3. The molecule has 0 aliphatic heterocycles. The number of aliphatic carboxylic acids is 1. The van der Waals surface area contributed by atoms with Crippen molar-refractivity contribution in [2.45, 2.75) is 70.8 Å². The van der Waals surface area contributed by atoms with Gasteiger partial charge >= 0.3 is 5.97 Å². The second-order valence-corrected chi connectivity index (χ2v) is 5.36. The standard InChI is InChI=1S/C16H28N2O4/c1-2-3-4-5-6-7-8-9-10-15(20)18-13(16(21)22)11-12-14(17)19/h9-10,13H,2-8,11-12H2,1H3,(H2,17,19)(H,18,20)(H,21,22)/t13-/m0/s1. The van der Waals surface area contributed by atoms with Crippen molar-refractivity contribution in [3.05, 3.63) is 12.2 Å². The van der Waals surface area contributed by atoms with Crippen LogP contribution in [0.5, 0.6) is 0 Å². The van der Waals surface area contributed by atoms with Gasteiger partial charge in [0.15, 0.2) is 0 Å². The zero-order valence-corrected chi connectivity index (χ0v) is 13.3. The SMILES string of the molecule is CCCCCCCCC=CC(=O)N[C@@H](CCC(N)=O)C(=O)O. The van der Waals surface area contributed by atoms with E-state index in [1.165, 1.54) is 31.8 Å². The molecule has 1 atom stereocenters. The molecule has 4 N–H and O–H groups in total. The monoisotopic (exact) mass is 312 g/mol. The molecule has 0 rings (SSSR count). The lowest BCUT2D eigenvalue weighted by molar-refractivity contribution is -0.141. The molecular weight excluding hydrogens is 284 g/mol. The number of carbonyl (C=O) groups excluding carboxylic acids is 2. The van der Waals surface area contributed by atoms with Crippen LogP contribution < -0.4 is 11.1 Å². The van der Waals surface area contributed by atoms with E-state index < -0.39 is 23.8 Å². The molecule has 0 saturated heterocycles. The normalized spacial score (nSPS) is 12.2. The van der Waals surface area contributed by atoms with Crippen LogP contribution in [0, 0.1) is 0 Å². The average Bonchev–Trinajstić information content (AvgIpc) is 2.45. The highest BCUT2D eigenvalue weighted by Gasteiger charge is 2.19. The topological polar surface area (TPSA) is 109 Å². The first-order valence-electron chi connectivity index (χ1n) is 7.95. The van der Waals surface area contributed by atoms with E-state index in [0.717, 1.165) is 19.3 Å². The van der Waals surface area contributed by atoms with E-state index in [2.05, 4.69) is 12.2 Å². The van der Waals surface area contributed by atoms with Gasteiger partial charge in [-0.1, -0.05) is 45.1 Å². The molecule has 0 aromatic carbocycles. The van der Waals surface area contributed by atoms with Gasteiger partial charge in [0.1, 0.15) is 6.04 Å². The number of carbonyl (C=O) groups is 3. The molecule has 0 fully saturated rings. The molecule has 0 unspecified atom stereocenters. The molecule has 126 valence electrons. The second-order valence-electron chi connectivity index (χ2n) is 5.36. The minimum Gasteiger partial charge on any atom is -0.480 e. The van der Waals surface area contributed by atoms with Gasteiger partial charge in [0.25, 0.3) is 0 Å². The van der Waals surface area contributed by atoms with E-state index in [1.54, 1.807) is 6.08 Å². The van der Waals surface area contributed by atoms with E-state index in [0.29, 0.717) is 0 Å². The highest BCUT2D eigenvalue weighted by molar-refractivity contribution is 5.91. The van der Waals surface area contributed by atoms with Gasteiger partial charge < -0.3 is 16.2 Å². The fourth-order valence-corrected chi connectivity index (χ4v) is 2.00. The molecule has 0 radical (unpaired) electrons. The van der Waals surface area contributed by atoms with Crippen LogP contribution in [0.1, 0.15) is 64.7 Å². The van der Waals surface area contributed by atoms with Gasteiger partial charge in [-0.2, -0.15) is 0 Å². The van der Waals surface area contributed by atoms with Crippen molar-refractivity contribution < 1.29 is 19.5 Å². The van der Waals surface area contributed by atoms with Crippen molar-refractivity contribution >= 4 is 17.8 Å². The van der Waals surface area contributed by atoms with Crippen molar-refractivity contribution in [3.63, 3.8) is 0 Å². The van der Waals surface area contributed by atoms with E-state index in [-0.39, 0.29) is 12.8 Å². The van der Waals surface area contributed by atoms with Crippen LogP contribution in [0.25, 0.3) is 0 Å². The maximum atomic E-state index is 11.6. The lowest BCUT2D eigenvalue weighted by Gasteiger charge is -2.11. The molecule has 0 saturated carbocycles. The Morgan fingerprint density at radius 3 is 2.36 bits per heavy atom. The maximum Gasteiger partial charge on any atom is 0.326 e. The van der Waals surface area contributed by atoms with E-state index >= 15 is 0 Å². The maximum absolute atomic E-state index is 11.6. The third kappa shape index (κ3) is 11.9. The molecule has 0 aliphatic rings.